The van der Waals surface area contributed by atoms with Gasteiger partial charge in [-0.25, -0.2) is 0 Å². The Balaban J connectivity index is 2.39. The Labute approximate surface area is 107 Å². The Hall–Kier alpha value is -1.16. The summed E-state index contributed by atoms with van der Waals surface area (Å²) < 4.78 is 28.2. The molecule has 0 fully saturated rings. The highest BCUT2D eigenvalue weighted by molar-refractivity contribution is 5.27. The van der Waals surface area contributed by atoms with Crippen molar-refractivity contribution in [1.82, 2.24) is 5.32 Å². The van der Waals surface area contributed by atoms with Gasteiger partial charge >= 0.3 is 6.61 Å². The molecule has 2 nitrogen and oxygen atoms in total. The van der Waals surface area contributed by atoms with Gasteiger partial charge in [-0.15, -0.1) is 0 Å². The van der Waals surface area contributed by atoms with E-state index in [0.717, 1.165) is 18.5 Å². The van der Waals surface area contributed by atoms with Crippen molar-refractivity contribution >= 4 is 0 Å². The summed E-state index contributed by atoms with van der Waals surface area (Å²) in [5.74, 6) is 0.860. The summed E-state index contributed by atoms with van der Waals surface area (Å²) in [6.45, 7) is 4.50. The maximum absolute atomic E-state index is 12.0. The first-order chi connectivity index (χ1) is 8.47. The monoisotopic (exact) mass is 257 g/mol. The zero-order chi connectivity index (χ0) is 13.5. The van der Waals surface area contributed by atoms with Gasteiger partial charge in [0, 0.05) is 12.6 Å². The number of alkyl halides is 2. The Morgan fingerprint density at radius 1 is 1.11 bits per heavy atom. The van der Waals surface area contributed by atoms with Gasteiger partial charge in [-0.05, 0) is 37.0 Å². The summed E-state index contributed by atoms with van der Waals surface area (Å²) in [7, 11) is 0. The molecule has 1 atom stereocenters. The van der Waals surface area contributed by atoms with E-state index in [-0.39, 0.29) is 5.75 Å². The Kier molecular flexibility index (Phi) is 6.05. The molecular weight excluding hydrogens is 236 g/mol. The summed E-state index contributed by atoms with van der Waals surface area (Å²) in [5.41, 5.74) is 1.06. The summed E-state index contributed by atoms with van der Waals surface area (Å²) in [6, 6.07) is 7.17. The molecular formula is C14H21F2NO. The van der Waals surface area contributed by atoms with E-state index in [1.54, 1.807) is 24.3 Å². The summed E-state index contributed by atoms with van der Waals surface area (Å²) >= 11 is 0. The van der Waals surface area contributed by atoms with Crippen molar-refractivity contribution in [2.24, 2.45) is 5.92 Å². The topological polar surface area (TPSA) is 21.3 Å². The van der Waals surface area contributed by atoms with Crippen molar-refractivity contribution in [3.63, 3.8) is 0 Å². The van der Waals surface area contributed by atoms with Crippen LogP contribution >= 0.6 is 0 Å². The first-order valence-corrected chi connectivity index (χ1v) is 6.24. The number of nitrogens with one attached hydrogen (secondary N) is 1. The van der Waals surface area contributed by atoms with Crippen LogP contribution in [0.4, 0.5) is 8.78 Å². The van der Waals surface area contributed by atoms with E-state index >= 15 is 0 Å². The van der Waals surface area contributed by atoms with Crippen molar-refractivity contribution in [3.8, 4) is 5.75 Å². The van der Waals surface area contributed by atoms with E-state index in [1.165, 1.54) is 0 Å². The third-order valence-corrected chi connectivity index (χ3v) is 2.63. The molecule has 1 unspecified atom stereocenters. The van der Waals surface area contributed by atoms with Crippen molar-refractivity contribution in [1.29, 1.82) is 0 Å². The van der Waals surface area contributed by atoms with Crippen molar-refractivity contribution in [2.75, 3.05) is 0 Å². The predicted octanol–water partition coefficient (Wildman–Crippen LogP) is 3.81. The smallest absolute Gasteiger partial charge is 0.387 e. The number of benzene rings is 1. The van der Waals surface area contributed by atoms with E-state index < -0.39 is 6.61 Å². The SMILES string of the molecule is CC(C)CC(C)NCc1ccc(OC(F)F)cc1. The first-order valence-electron chi connectivity index (χ1n) is 6.24. The number of ether oxygens (including phenoxy) is 1. The highest BCUT2D eigenvalue weighted by Gasteiger charge is 2.06. The predicted molar refractivity (Wildman–Crippen MR) is 68.8 cm³/mol. The van der Waals surface area contributed by atoms with Gasteiger partial charge in [-0.2, -0.15) is 8.78 Å². The van der Waals surface area contributed by atoms with E-state index in [1.807, 2.05) is 0 Å². The minimum Gasteiger partial charge on any atom is -0.435 e. The van der Waals surface area contributed by atoms with Crippen LogP contribution in [-0.4, -0.2) is 12.7 Å². The molecule has 1 rings (SSSR count). The van der Waals surface area contributed by atoms with Gasteiger partial charge in [0.05, 0.1) is 0 Å². The molecule has 0 aromatic heterocycles. The first kappa shape index (κ1) is 14.9. The molecule has 0 spiro atoms. The Morgan fingerprint density at radius 3 is 2.22 bits per heavy atom. The third-order valence-electron chi connectivity index (χ3n) is 2.63. The van der Waals surface area contributed by atoms with Gasteiger partial charge in [0.2, 0.25) is 0 Å². The standard InChI is InChI=1S/C14H21F2NO/c1-10(2)8-11(3)17-9-12-4-6-13(7-5-12)18-14(15)16/h4-7,10-11,14,17H,8-9H2,1-3H3. The zero-order valence-corrected chi connectivity index (χ0v) is 11.1. The van der Waals surface area contributed by atoms with Crippen molar-refractivity contribution in [3.05, 3.63) is 29.8 Å². The van der Waals surface area contributed by atoms with Crippen molar-refractivity contribution in [2.45, 2.75) is 46.4 Å². The molecule has 0 aliphatic carbocycles. The Morgan fingerprint density at radius 2 is 1.72 bits per heavy atom. The van der Waals surface area contributed by atoms with Crippen LogP contribution < -0.4 is 10.1 Å². The van der Waals surface area contributed by atoms with Crippen LogP contribution in [0.5, 0.6) is 5.75 Å². The van der Waals surface area contributed by atoms with Gasteiger partial charge in [0.25, 0.3) is 0 Å². The largest absolute Gasteiger partial charge is 0.435 e. The molecule has 0 aliphatic rings. The van der Waals surface area contributed by atoms with E-state index in [0.29, 0.717) is 12.0 Å². The number of halogens is 2. The summed E-state index contributed by atoms with van der Waals surface area (Å²) in [5, 5.41) is 3.40. The minimum atomic E-state index is -2.76. The van der Waals surface area contributed by atoms with Crippen LogP contribution in [0, 0.1) is 5.92 Å². The fraction of sp³-hybridized carbons (Fsp3) is 0.571. The van der Waals surface area contributed by atoms with Crippen LogP contribution in [0.15, 0.2) is 24.3 Å². The third kappa shape index (κ3) is 5.96. The number of hydrogen-bond donors (Lipinski definition) is 1. The molecule has 0 heterocycles. The second-order valence-electron chi connectivity index (χ2n) is 4.93. The molecule has 1 aromatic carbocycles. The lowest BCUT2D eigenvalue weighted by atomic mass is 10.1. The molecule has 0 radical (unpaired) electrons. The van der Waals surface area contributed by atoms with Crippen LogP contribution in [0.25, 0.3) is 0 Å². The average Bonchev–Trinajstić information content (AvgIpc) is 2.26. The van der Waals surface area contributed by atoms with Gasteiger partial charge in [0.15, 0.2) is 0 Å². The van der Waals surface area contributed by atoms with Crippen LogP contribution in [-0.2, 0) is 6.54 Å². The fourth-order valence-electron chi connectivity index (χ4n) is 1.87. The number of hydrogen-bond acceptors (Lipinski definition) is 2. The Bertz CT molecular complexity index is 338. The van der Waals surface area contributed by atoms with Gasteiger partial charge in [-0.1, -0.05) is 26.0 Å². The molecule has 1 aromatic rings. The molecule has 0 bridgehead atoms. The minimum absolute atomic E-state index is 0.198. The lowest BCUT2D eigenvalue weighted by Crippen LogP contribution is -2.26. The van der Waals surface area contributed by atoms with E-state index in [4.69, 9.17) is 0 Å². The molecule has 4 heteroatoms. The fourth-order valence-corrected chi connectivity index (χ4v) is 1.87. The molecule has 0 saturated carbocycles. The summed E-state index contributed by atoms with van der Waals surface area (Å²) in [4.78, 5) is 0. The van der Waals surface area contributed by atoms with Gasteiger partial charge in [0.1, 0.15) is 5.75 Å². The maximum atomic E-state index is 12.0. The van der Waals surface area contributed by atoms with Gasteiger partial charge in [-0.3, -0.25) is 0 Å². The van der Waals surface area contributed by atoms with E-state index in [2.05, 4.69) is 30.8 Å². The maximum Gasteiger partial charge on any atom is 0.387 e. The highest BCUT2D eigenvalue weighted by atomic mass is 19.3. The molecule has 18 heavy (non-hydrogen) atoms. The van der Waals surface area contributed by atoms with Crippen molar-refractivity contribution < 1.29 is 13.5 Å². The molecule has 0 amide bonds. The van der Waals surface area contributed by atoms with Crippen LogP contribution in [0.3, 0.4) is 0 Å². The molecule has 1 N–H and O–H groups in total. The lowest BCUT2D eigenvalue weighted by molar-refractivity contribution is -0.0498. The second kappa shape index (κ2) is 7.31. The van der Waals surface area contributed by atoms with Gasteiger partial charge < -0.3 is 10.1 Å². The summed E-state index contributed by atoms with van der Waals surface area (Å²) in [6.07, 6.45) is 1.12. The molecule has 0 saturated heterocycles. The van der Waals surface area contributed by atoms with Crippen LogP contribution in [0.1, 0.15) is 32.8 Å². The second-order valence-corrected chi connectivity index (χ2v) is 4.93. The number of rotatable bonds is 7. The zero-order valence-electron chi connectivity index (χ0n) is 11.1. The molecule has 0 aliphatic heterocycles. The average molecular weight is 257 g/mol. The normalized spacial score (nSPS) is 13.1. The molecule has 102 valence electrons. The lowest BCUT2D eigenvalue weighted by Gasteiger charge is -2.16. The van der Waals surface area contributed by atoms with Crippen LogP contribution in [0.2, 0.25) is 0 Å². The quantitative estimate of drug-likeness (QED) is 0.802. The highest BCUT2D eigenvalue weighted by Crippen LogP contribution is 2.15. The van der Waals surface area contributed by atoms with E-state index in [9.17, 15) is 8.78 Å².